The molecule has 0 spiro atoms. The van der Waals surface area contributed by atoms with Gasteiger partial charge < -0.3 is 9.88 Å². The zero-order valence-electron chi connectivity index (χ0n) is 10.7. The number of halogens is 1. The average Bonchev–Trinajstić information content (AvgIpc) is 2.76. The third-order valence-electron chi connectivity index (χ3n) is 3.09. The first-order chi connectivity index (χ1) is 8.66. The monoisotopic (exact) mass is 263 g/mol. The maximum absolute atomic E-state index is 5.87. The molecule has 2 rings (SSSR count). The highest BCUT2D eigenvalue weighted by Gasteiger charge is 2.05. The summed E-state index contributed by atoms with van der Waals surface area (Å²) in [7, 11) is 2.02. The minimum Gasteiger partial charge on any atom is -0.338 e. The maximum atomic E-state index is 5.87. The van der Waals surface area contributed by atoms with E-state index in [0.717, 1.165) is 23.8 Å². The van der Waals surface area contributed by atoms with E-state index >= 15 is 0 Å². The van der Waals surface area contributed by atoms with Crippen LogP contribution < -0.4 is 5.32 Å². The van der Waals surface area contributed by atoms with Crippen LogP contribution in [0.4, 0.5) is 0 Å². The van der Waals surface area contributed by atoms with E-state index in [4.69, 9.17) is 11.6 Å². The molecule has 0 fully saturated rings. The lowest BCUT2D eigenvalue weighted by molar-refractivity contribution is 0.565. The van der Waals surface area contributed by atoms with Crippen molar-refractivity contribution < 1.29 is 0 Å². The van der Waals surface area contributed by atoms with Crippen LogP contribution in [0.25, 0.3) is 0 Å². The summed E-state index contributed by atoms with van der Waals surface area (Å²) >= 11 is 5.87. The van der Waals surface area contributed by atoms with E-state index in [-0.39, 0.29) is 0 Å². The Morgan fingerprint density at radius 3 is 2.67 bits per heavy atom. The van der Waals surface area contributed by atoms with Gasteiger partial charge in [0.05, 0.1) is 0 Å². The Bertz CT molecular complexity index is 490. The van der Waals surface area contributed by atoms with Crippen LogP contribution >= 0.6 is 11.6 Å². The molecule has 96 valence electrons. The summed E-state index contributed by atoms with van der Waals surface area (Å²) in [6.45, 7) is 3.07. The van der Waals surface area contributed by atoms with E-state index in [2.05, 4.69) is 33.9 Å². The molecule has 18 heavy (non-hydrogen) atoms. The SMILES string of the molecule is C[C@@H](NCCc1nccn1C)c1ccc(Cl)cc1. The number of benzene rings is 1. The summed E-state index contributed by atoms with van der Waals surface area (Å²) in [5, 5.41) is 4.26. The van der Waals surface area contributed by atoms with Gasteiger partial charge in [0.15, 0.2) is 0 Å². The van der Waals surface area contributed by atoms with Gasteiger partial charge in [-0.1, -0.05) is 23.7 Å². The average molecular weight is 264 g/mol. The van der Waals surface area contributed by atoms with Crippen molar-refractivity contribution in [3.63, 3.8) is 0 Å². The van der Waals surface area contributed by atoms with Crippen LogP contribution in [0.3, 0.4) is 0 Å². The number of imidazole rings is 1. The third kappa shape index (κ3) is 3.34. The number of nitrogens with zero attached hydrogens (tertiary/aromatic N) is 2. The Labute approximate surface area is 113 Å². The second-order valence-electron chi connectivity index (χ2n) is 4.43. The fraction of sp³-hybridized carbons (Fsp3) is 0.357. The Hall–Kier alpha value is -1.32. The molecule has 0 aliphatic rings. The van der Waals surface area contributed by atoms with E-state index < -0.39 is 0 Å². The molecular weight excluding hydrogens is 246 g/mol. The van der Waals surface area contributed by atoms with Crippen LogP contribution in [0.1, 0.15) is 24.4 Å². The lowest BCUT2D eigenvalue weighted by Gasteiger charge is -2.14. The molecular formula is C14H18ClN3. The molecule has 4 heteroatoms. The van der Waals surface area contributed by atoms with Gasteiger partial charge in [0.1, 0.15) is 5.82 Å². The lowest BCUT2D eigenvalue weighted by Crippen LogP contribution is -2.22. The highest BCUT2D eigenvalue weighted by atomic mass is 35.5. The summed E-state index contributed by atoms with van der Waals surface area (Å²) in [6.07, 6.45) is 4.73. The zero-order chi connectivity index (χ0) is 13.0. The molecule has 0 amide bonds. The van der Waals surface area contributed by atoms with Gasteiger partial charge in [-0.25, -0.2) is 4.98 Å². The van der Waals surface area contributed by atoms with Crippen molar-refractivity contribution in [3.8, 4) is 0 Å². The summed E-state index contributed by atoms with van der Waals surface area (Å²) in [4.78, 5) is 4.30. The summed E-state index contributed by atoms with van der Waals surface area (Å²) in [6, 6.07) is 8.28. The Balaban J connectivity index is 1.83. The standard InChI is InChI=1S/C14H18ClN3/c1-11(12-3-5-13(15)6-4-12)16-8-7-14-17-9-10-18(14)2/h3-6,9-11,16H,7-8H2,1-2H3/t11-/m1/s1. The van der Waals surface area contributed by atoms with Gasteiger partial charge in [0.2, 0.25) is 0 Å². The highest BCUT2D eigenvalue weighted by Crippen LogP contribution is 2.15. The van der Waals surface area contributed by atoms with Crippen LogP contribution in [0, 0.1) is 0 Å². The molecule has 1 aromatic carbocycles. The quantitative estimate of drug-likeness (QED) is 0.899. The molecule has 0 saturated heterocycles. The van der Waals surface area contributed by atoms with Gasteiger partial charge >= 0.3 is 0 Å². The minimum atomic E-state index is 0.322. The van der Waals surface area contributed by atoms with Gasteiger partial charge in [-0.15, -0.1) is 0 Å². The van der Waals surface area contributed by atoms with Crippen molar-refractivity contribution in [3.05, 3.63) is 53.1 Å². The second-order valence-corrected chi connectivity index (χ2v) is 4.87. The van der Waals surface area contributed by atoms with Crippen LogP contribution in [-0.4, -0.2) is 16.1 Å². The third-order valence-corrected chi connectivity index (χ3v) is 3.34. The highest BCUT2D eigenvalue weighted by molar-refractivity contribution is 6.30. The van der Waals surface area contributed by atoms with Gasteiger partial charge in [0.25, 0.3) is 0 Å². The van der Waals surface area contributed by atoms with Crippen molar-refractivity contribution in [2.75, 3.05) is 6.54 Å². The van der Waals surface area contributed by atoms with Crippen LogP contribution in [0.5, 0.6) is 0 Å². The molecule has 2 aromatic rings. The lowest BCUT2D eigenvalue weighted by atomic mass is 10.1. The molecule has 1 heterocycles. The number of hydrogen-bond donors (Lipinski definition) is 1. The van der Waals surface area contributed by atoms with E-state index in [1.165, 1.54) is 5.56 Å². The van der Waals surface area contributed by atoms with E-state index in [9.17, 15) is 0 Å². The Morgan fingerprint density at radius 2 is 2.06 bits per heavy atom. The van der Waals surface area contributed by atoms with Crippen molar-refractivity contribution in [1.82, 2.24) is 14.9 Å². The smallest absolute Gasteiger partial charge is 0.109 e. The van der Waals surface area contributed by atoms with Gasteiger partial charge in [-0.2, -0.15) is 0 Å². The number of aryl methyl sites for hydroxylation is 1. The predicted molar refractivity (Wildman–Crippen MR) is 74.8 cm³/mol. The number of nitrogens with one attached hydrogen (secondary N) is 1. The maximum Gasteiger partial charge on any atom is 0.109 e. The molecule has 0 aliphatic heterocycles. The van der Waals surface area contributed by atoms with Crippen LogP contribution in [0.2, 0.25) is 5.02 Å². The van der Waals surface area contributed by atoms with Crippen molar-refractivity contribution in [1.29, 1.82) is 0 Å². The molecule has 0 unspecified atom stereocenters. The molecule has 3 nitrogen and oxygen atoms in total. The molecule has 1 N–H and O–H groups in total. The summed E-state index contributed by atoms with van der Waals surface area (Å²) in [5.41, 5.74) is 1.25. The second kappa shape index (κ2) is 6.03. The van der Waals surface area contributed by atoms with Crippen molar-refractivity contribution >= 4 is 11.6 Å². The van der Waals surface area contributed by atoms with E-state index in [1.54, 1.807) is 0 Å². The van der Waals surface area contributed by atoms with Gasteiger partial charge in [-0.05, 0) is 24.6 Å². The fourth-order valence-corrected chi connectivity index (χ4v) is 2.03. The van der Waals surface area contributed by atoms with Crippen LogP contribution in [0.15, 0.2) is 36.7 Å². The normalized spacial score (nSPS) is 12.6. The molecule has 0 radical (unpaired) electrons. The first kappa shape index (κ1) is 13.1. The van der Waals surface area contributed by atoms with Gasteiger partial charge in [0, 0.05) is 43.5 Å². The first-order valence-corrected chi connectivity index (χ1v) is 6.49. The van der Waals surface area contributed by atoms with Crippen molar-refractivity contribution in [2.24, 2.45) is 7.05 Å². The minimum absolute atomic E-state index is 0.322. The van der Waals surface area contributed by atoms with E-state index in [1.807, 2.05) is 31.6 Å². The fourth-order valence-electron chi connectivity index (χ4n) is 1.91. The molecule has 1 atom stereocenters. The first-order valence-electron chi connectivity index (χ1n) is 6.12. The topological polar surface area (TPSA) is 29.9 Å². The molecule has 0 saturated carbocycles. The number of aromatic nitrogens is 2. The summed E-state index contributed by atoms with van der Waals surface area (Å²) < 4.78 is 2.05. The largest absolute Gasteiger partial charge is 0.338 e. The van der Waals surface area contributed by atoms with Gasteiger partial charge in [-0.3, -0.25) is 0 Å². The molecule has 0 aliphatic carbocycles. The van der Waals surface area contributed by atoms with Crippen LogP contribution in [-0.2, 0) is 13.5 Å². The molecule has 0 bridgehead atoms. The number of hydrogen-bond acceptors (Lipinski definition) is 2. The number of rotatable bonds is 5. The van der Waals surface area contributed by atoms with Crippen molar-refractivity contribution in [2.45, 2.75) is 19.4 Å². The zero-order valence-corrected chi connectivity index (χ0v) is 11.5. The predicted octanol–water partition coefficient (Wildman–Crippen LogP) is 2.97. The Morgan fingerprint density at radius 1 is 1.33 bits per heavy atom. The molecule has 1 aromatic heterocycles. The van der Waals surface area contributed by atoms with E-state index in [0.29, 0.717) is 6.04 Å². The summed E-state index contributed by atoms with van der Waals surface area (Å²) in [5.74, 6) is 1.10. The Kier molecular flexibility index (Phi) is 4.39.